The van der Waals surface area contributed by atoms with E-state index in [1.165, 1.54) is 30.5 Å². The van der Waals surface area contributed by atoms with Crippen LogP contribution in [0.4, 0.5) is 18.9 Å². The first-order valence-electron chi connectivity index (χ1n) is 5.84. The highest BCUT2D eigenvalue weighted by Gasteiger charge is 2.29. The van der Waals surface area contributed by atoms with Crippen LogP contribution in [0.3, 0.4) is 0 Å². The number of halogens is 3. The quantitative estimate of drug-likeness (QED) is 0.599. The van der Waals surface area contributed by atoms with Crippen molar-refractivity contribution in [1.82, 2.24) is 0 Å². The first-order chi connectivity index (χ1) is 9.86. The lowest BCUT2D eigenvalue weighted by Crippen LogP contribution is -2.04. The molecule has 0 bridgehead atoms. The summed E-state index contributed by atoms with van der Waals surface area (Å²) in [5.41, 5.74) is 2.53. The molecule has 0 spiro atoms. The summed E-state index contributed by atoms with van der Waals surface area (Å²) in [5.74, 6) is -0.242. The molecular weight excluding hydrogens is 285 g/mol. The Kier molecular flexibility index (Phi) is 4.02. The Morgan fingerprint density at radius 2 is 1.67 bits per heavy atom. The molecule has 0 amide bonds. The van der Waals surface area contributed by atoms with E-state index in [1.807, 2.05) is 0 Å². The third-order valence-electron chi connectivity index (χ3n) is 2.62. The van der Waals surface area contributed by atoms with Crippen molar-refractivity contribution in [2.45, 2.75) is 6.18 Å². The van der Waals surface area contributed by atoms with E-state index in [0.717, 1.165) is 18.2 Å². The molecule has 0 aliphatic carbocycles. The lowest BCUT2D eigenvalue weighted by Gasteiger charge is -2.07. The number of hydrazone groups is 1. The van der Waals surface area contributed by atoms with Crippen LogP contribution < -0.4 is 5.43 Å². The number of phenols is 2. The Morgan fingerprint density at radius 1 is 1.00 bits per heavy atom. The largest absolute Gasteiger partial charge is 0.508 e. The summed E-state index contributed by atoms with van der Waals surface area (Å²) >= 11 is 0. The van der Waals surface area contributed by atoms with E-state index < -0.39 is 11.7 Å². The van der Waals surface area contributed by atoms with Gasteiger partial charge in [-0.2, -0.15) is 18.3 Å². The van der Waals surface area contributed by atoms with E-state index in [4.69, 9.17) is 5.11 Å². The zero-order valence-electron chi connectivity index (χ0n) is 10.6. The van der Waals surface area contributed by atoms with Crippen molar-refractivity contribution < 1.29 is 23.4 Å². The molecule has 0 aromatic heterocycles. The van der Waals surface area contributed by atoms with Crippen LogP contribution in [0.2, 0.25) is 0 Å². The predicted molar refractivity (Wildman–Crippen MR) is 72.4 cm³/mol. The fraction of sp³-hybridized carbons (Fsp3) is 0.0714. The minimum absolute atomic E-state index is 0.0830. The molecular formula is C14H11F3N2O2. The van der Waals surface area contributed by atoms with Crippen molar-refractivity contribution in [3.63, 3.8) is 0 Å². The first kappa shape index (κ1) is 14.7. The Hall–Kier alpha value is -2.70. The third-order valence-corrected chi connectivity index (χ3v) is 2.62. The lowest BCUT2D eigenvalue weighted by atomic mass is 10.2. The molecule has 0 aliphatic heterocycles. The van der Waals surface area contributed by atoms with Gasteiger partial charge in [0, 0.05) is 11.6 Å². The van der Waals surface area contributed by atoms with Gasteiger partial charge in [-0.3, -0.25) is 5.43 Å². The van der Waals surface area contributed by atoms with E-state index in [-0.39, 0.29) is 11.5 Å². The summed E-state index contributed by atoms with van der Waals surface area (Å²) in [6.45, 7) is 0. The molecule has 110 valence electrons. The number of phenolic OH excluding ortho intramolecular Hbond substituents is 2. The molecule has 21 heavy (non-hydrogen) atoms. The fourth-order valence-corrected chi connectivity index (χ4v) is 1.55. The number of rotatable bonds is 3. The second kappa shape index (κ2) is 5.74. The van der Waals surface area contributed by atoms with Gasteiger partial charge in [-0.1, -0.05) is 0 Å². The van der Waals surface area contributed by atoms with Crippen LogP contribution in [0.25, 0.3) is 0 Å². The Bertz CT molecular complexity index is 652. The van der Waals surface area contributed by atoms with E-state index in [1.54, 1.807) is 0 Å². The zero-order valence-corrected chi connectivity index (χ0v) is 10.6. The number of nitrogens with one attached hydrogen (secondary N) is 1. The second-order valence-corrected chi connectivity index (χ2v) is 4.19. The molecule has 2 rings (SSSR count). The van der Waals surface area contributed by atoms with Crippen LogP contribution >= 0.6 is 0 Å². The summed E-state index contributed by atoms with van der Waals surface area (Å²) in [6, 6.07) is 8.35. The van der Waals surface area contributed by atoms with Crippen molar-refractivity contribution in [1.29, 1.82) is 0 Å². The van der Waals surface area contributed by atoms with Gasteiger partial charge in [-0.15, -0.1) is 0 Å². The van der Waals surface area contributed by atoms with Crippen molar-refractivity contribution in [2.24, 2.45) is 5.10 Å². The first-order valence-corrected chi connectivity index (χ1v) is 5.84. The molecule has 0 atom stereocenters. The number of nitrogens with zero attached hydrogens (tertiary/aromatic N) is 1. The maximum atomic E-state index is 12.4. The maximum Gasteiger partial charge on any atom is 0.416 e. The molecule has 0 radical (unpaired) electrons. The van der Waals surface area contributed by atoms with Gasteiger partial charge in [0.2, 0.25) is 0 Å². The molecule has 0 saturated carbocycles. The van der Waals surface area contributed by atoms with Gasteiger partial charge < -0.3 is 10.2 Å². The van der Waals surface area contributed by atoms with Crippen LogP contribution in [0.5, 0.6) is 11.5 Å². The zero-order chi connectivity index (χ0) is 15.5. The van der Waals surface area contributed by atoms with Crippen molar-refractivity contribution >= 4 is 11.9 Å². The standard InChI is InChI=1S/C14H11F3N2O2/c15-14(16,17)10-2-4-11(5-3-10)19-18-8-9-1-6-12(20)7-13(9)21/h1-8,19-21H. The summed E-state index contributed by atoms with van der Waals surface area (Å²) in [4.78, 5) is 0. The van der Waals surface area contributed by atoms with E-state index in [2.05, 4.69) is 10.5 Å². The van der Waals surface area contributed by atoms with Gasteiger partial charge >= 0.3 is 6.18 Å². The summed E-state index contributed by atoms with van der Waals surface area (Å²) in [7, 11) is 0. The Labute approximate surface area is 118 Å². The average Bonchev–Trinajstić information content (AvgIpc) is 2.41. The molecule has 0 unspecified atom stereocenters. The number of anilines is 1. The summed E-state index contributed by atoms with van der Waals surface area (Å²) in [5, 5.41) is 22.4. The van der Waals surface area contributed by atoms with Crippen LogP contribution in [0, 0.1) is 0 Å². The highest BCUT2D eigenvalue weighted by Crippen LogP contribution is 2.29. The van der Waals surface area contributed by atoms with Crippen LogP contribution in [-0.4, -0.2) is 16.4 Å². The fourth-order valence-electron chi connectivity index (χ4n) is 1.55. The number of hydrogen-bond acceptors (Lipinski definition) is 4. The van der Waals surface area contributed by atoms with E-state index in [9.17, 15) is 18.3 Å². The number of aromatic hydroxyl groups is 2. The van der Waals surface area contributed by atoms with Crippen LogP contribution in [0.15, 0.2) is 47.6 Å². The van der Waals surface area contributed by atoms with Gasteiger partial charge in [0.25, 0.3) is 0 Å². The van der Waals surface area contributed by atoms with Crippen molar-refractivity contribution in [2.75, 3.05) is 5.43 Å². The topological polar surface area (TPSA) is 64.9 Å². The van der Waals surface area contributed by atoms with E-state index in [0.29, 0.717) is 11.3 Å². The molecule has 3 N–H and O–H groups in total. The predicted octanol–water partition coefficient (Wildman–Crippen LogP) is 3.56. The van der Waals surface area contributed by atoms with Gasteiger partial charge in [-0.25, -0.2) is 0 Å². The number of alkyl halides is 3. The summed E-state index contributed by atoms with van der Waals surface area (Å²) < 4.78 is 37.1. The molecule has 4 nitrogen and oxygen atoms in total. The van der Waals surface area contributed by atoms with Crippen molar-refractivity contribution in [3.05, 3.63) is 53.6 Å². The Morgan fingerprint density at radius 3 is 2.24 bits per heavy atom. The molecule has 7 heteroatoms. The highest BCUT2D eigenvalue weighted by atomic mass is 19.4. The lowest BCUT2D eigenvalue weighted by molar-refractivity contribution is -0.137. The number of hydrogen-bond donors (Lipinski definition) is 3. The van der Waals surface area contributed by atoms with Gasteiger partial charge in [0.1, 0.15) is 11.5 Å². The normalized spacial score (nSPS) is 11.8. The highest BCUT2D eigenvalue weighted by molar-refractivity contribution is 5.84. The second-order valence-electron chi connectivity index (χ2n) is 4.19. The molecule has 0 heterocycles. The number of benzene rings is 2. The molecule has 0 saturated heterocycles. The maximum absolute atomic E-state index is 12.4. The van der Waals surface area contributed by atoms with Gasteiger partial charge in [-0.05, 0) is 36.4 Å². The molecule has 2 aromatic rings. The molecule has 0 fully saturated rings. The van der Waals surface area contributed by atoms with Crippen LogP contribution in [0.1, 0.15) is 11.1 Å². The molecule has 2 aromatic carbocycles. The SMILES string of the molecule is Oc1ccc(C=NNc2ccc(C(F)(F)F)cc2)c(O)c1. The third kappa shape index (κ3) is 3.88. The van der Waals surface area contributed by atoms with Gasteiger partial charge in [0.15, 0.2) is 0 Å². The minimum atomic E-state index is -4.38. The monoisotopic (exact) mass is 296 g/mol. The minimum Gasteiger partial charge on any atom is -0.508 e. The van der Waals surface area contributed by atoms with E-state index >= 15 is 0 Å². The average molecular weight is 296 g/mol. The smallest absolute Gasteiger partial charge is 0.416 e. The van der Waals surface area contributed by atoms with Gasteiger partial charge in [0.05, 0.1) is 17.5 Å². The van der Waals surface area contributed by atoms with Crippen LogP contribution in [-0.2, 0) is 6.18 Å². The molecule has 0 aliphatic rings. The summed E-state index contributed by atoms with van der Waals surface area (Å²) in [6.07, 6.45) is -3.09. The Balaban J connectivity index is 2.04. The van der Waals surface area contributed by atoms with Crippen molar-refractivity contribution in [3.8, 4) is 11.5 Å².